The topological polar surface area (TPSA) is 249 Å². The number of carboxylic acids is 4. The average Bonchev–Trinajstić information content (AvgIpc) is 2.13. The van der Waals surface area contributed by atoms with Crippen LogP contribution in [-0.4, -0.2) is 37.0 Å². The van der Waals surface area contributed by atoms with Crippen molar-refractivity contribution < 1.29 is 56.7 Å². The molecule has 0 aromatic heterocycles. The van der Waals surface area contributed by atoms with Crippen molar-refractivity contribution in [3.05, 3.63) is 0 Å². The van der Waals surface area contributed by atoms with Gasteiger partial charge in [0.15, 0.2) is 0 Å². The van der Waals surface area contributed by atoms with Crippen molar-refractivity contribution in [2.75, 3.05) is 13.1 Å². The number of hydrogen-bond acceptors (Lipinski definition) is 10. The second kappa shape index (κ2) is 42.7. The van der Waals surface area contributed by atoms with Crippen molar-refractivity contribution >= 4 is 23.9 Å². The zero-order valence-corrected chi connectivity index (χ0v) is 14.3. The van der Waals surface area contributed by atoms with Gasteiger partial charge in [0.05, 0.1) is 0 Å². The predicted octanol–water partition coefficient (Wildman–Crippen LogP) is -5.70. The molecule has 0 spiro atoms. The van der Waals surface area contributed by atoms with Crippen LogP contribution in [0.5, 0.6) is 0 Å². The molecule has 0 amide bonds. The zero-order valence-electron chi connectivity index (χ0n) is 13.2. The molecule has 11 nitrogen and oxygen atoms in total. The summed E-state index contributed by atoms with van der Waals surface area (Å²) in [6, 6.07) is 0. The van der Waals surface area contributed by atoms with Gasteiger partial charge < -0.3 is 57.2 Å². The van der Waals surface area contributed by atoms with Crippen molar-refractivity contribution in [3.8, 4) is 0 Å². The SMILES string of the molecule is CC(=O)[O-].CC(=O)[O-].CC(=O)[O-].CC(=O)[O-].NCCN.[Fe+3].[NH4+]. The van der Waals surface area contributed by atoms with Crippen molar-refractivity contribution in [1.82, 2.24) is 6.15 Å². The molecular formula is C10H24FeN3O8. The van der Waals surface area contributed by atoms with Crippen LogP contribution in [0.1, 0.15) is 27.7 Å². The fraction of sp³-hybridized carbons (Fsp3) is 0.600. The molecule has 0 aliphatic rings. The summed E-state index contributed by atoms with van der Waals surface area (Å²) in [5.74, 6) is -4.33. The Morgan fingerprint density at radius 1 is 0.636 bits per heavy atom. The number of hydrogen-bond donors (Lipinski definition) is 3. The molecule has 0 aliphatic carbocycles. The van der Waals surface area contributed by atoms with Gasteiger partial charge in [-0.1, -0.05) is 0 Å². The Labute approximate surface area is 139 Å². The van der Waals surface area contributed by atoms with Crippen LogP contribution in [0, 0.1) is 0 Å². The minimum Gasteiger partial charge on any atom is -0.550 e. The zero-order chi connectivity index (χ0) is 17.7. The van der Waals surface area contributed by atoms with Crippen molar-refractivity contribution in [2.45, 2.75) is 27.7 Å². The molecule has 0 aliphatic heterocycles. The molecule has 0 saturated heterocycles. The fourth-order valence-corrected chi connectivity index (χ4v) is 0. The molecule has 1 radical (unpaired) electrons. The molecule has 0 heterocycles. The van der Waals surface area contributed by atoms with Gasteiger partial charge in [-0.2, -0.15) is 0 Å². The van der Waals surface area contributed by atoms with Gasteiger partial charge in [0.25, 0.3) is 0 Å². The summed E-state index contributed by atoms with van der Waals surface area (Å²) in [7, 11) is 0. The summed E-state index contributed by atoms with van der Waals surface area (Å²) >= 11 is 0. The van der Waals surface area contributed by atoms with Crippen LogP contribution in [0.15, 0.2) is 0 Å². The first-order chi connectivity index (χ1) is 8.84. The van der Waals surface area contributed by atoms with Crippen molar-refractivity contribution in [1.29, 1.82) is 0 Å². The fourth-order valence-electron chi connectivity index (χ4n) is 0. The Hall–Kier alpha value is -1.72. The minimum absolute atomic E-state index is 0. The van der Waals surface area contributed by atoms with Gasteiger partial charge in [-0.15, -0.1) is 0 Å². The molecule has 0 bridgehead atoms. The molecule has 0 rings (SSSR count). The maximum Gasteiger partial charge on any atom is 3.00 e. The summed E-state index contributed by atoms with van der Waals surface area (Å²) in [6.07, 6.45) is 0. The standard InChI is InChI=1S/C2H8N2.4C2H4O2.Fe.H3N/c3-1-2-4;4*1-2(3)4;;/h1-4H2;4*1H3,(H,3,4);;1H3/q;;;;;+3;/p-3. The summed E-state index contributed by atoms with van der Waals surface area (Å²) in [6.45, 7) is 5.08. The molecule has 135 valence electrons. The van der Waals surface area contributed by atoms with Crippen LogP contribution in [-0.2, 0) is 36.2 Å². The Kier molecular flexibility index (Phi) is 83.0. The molecule has 0 unspecified atom stereocenters. The van der Waals surface area contributed by atoms with Crippen LogP contribution >= 0.6 is 0 Å². The largest absolute Gasteiger partial charge is 3.00 e. The normalized spacial score (nSPS) is 5.91. The number of carbonyl (C=O) groups is 4. The van der Waals surface area contributed by atoms with Gasteiger partial charge in [0.2, 0.25) is 0 Å². The third-order valence-corrected chi connectivity index (χ3v) is 0.167. The number of aliphatic carboxylic acids is 4. The molecule has 12 heteroatoms. The van der Waals surface area contributed by atoms with E-state index in [1.54, 1.807) is 0 Å². The Balaban J connectivity index is -0.0000000250. The Morgan fingerprint density at radius 3 is 0.682 bits per heavy atom. The molecule has 0 aromatic rings. The summed E-state index contributed by atoms with van der Waals surface area (Å²) in [4.78, 5) is 35.6. The molecule has 0 aromatic carbocycles. The van der Waals surface area contributed by atoms with Crippen LogP contribution < -0.4 is 38.0 Å². The summed E-state index contributed by atoms with van der Waals surface area (Å²) in [5.41, 5.74) is 9.81. The minimum atomic E-state index is -1.08. The smallest absolute Gasteiger partial charge is 0.550 e. The number of carboxylic acid groups (broad SMARTS) is 4. The van der Waals surface area contributed by atoms with E-state index in [9.17, 15) is 0 Å². The number of carbonyl (C=O) groups excluding carboxylic acids is 4. The van der Waals surface area contributed by atoms with Gasteiger partial charge in [-0.3, -0.25) is 0 Å². The first-order valence-electron chi connectivity index (χ1n) is 4.95. The van der Waals surface area contributed by atoms with E-state index in [1.807, 2.05) is 0 Å². The van der Waals surface area contributed by atoms with E-state index in [-0.39, 0.29) is 23.2 Å². The predicted molar refractivity (Wildman–Crippen MR) is 66.8 cm³/mol. The van der Waals surface area contributed by atoms with Crippen LogP contribution in [0.3, 0.4) is 0 Å². The average molecular weight is 370 g/mol. The first kappa shape index (κ1) is 42.7. The monoisotopic (exact) mass is 370 g/mol. The summed E-state index contributed by atoms with van der Waals surface area (Å²) in [5, 5.41) is 35.6. The first-order valence-corrected chi connectivity index (χ1v) is 4.95. The van der Waals surface area contributed by atoms with Gasteiger partial charge in [-0.05, 0) is 27.7 Å². The third kappa shape index (κ3) is 10500. The van der Waals surface area contributed by atoms with Crippen molar-refractivity contribution in [3.63, 3.8) is 0 Å². The van der Waals surface area contributed by atoms with Gasteiger partial charge >= 0.3 is 17.1 Å². The van der Waals surface area contributed by atoms with E-state index >= 15 is 0 Å². The molecule has 8 N–H and O–H groups in total. The maximum atomic E-state index is 8.89. The quantitative estimate of drug-likeness (QED) is 0.369. The van der Waals surface area contributed by atoms with E-state index in [0.717, 1.165) is 27.7 Å². The second-order valence-electron chi connectivity index (χ2n) is 2.54. The van der Waals surface area contributed by atoms with Gasteiger partial charge in [-0.25, -0.2) is 0 Å². The number of rotatable bonds is 1. The Morgan fingerprint density at radius 2 is 0.682 bits per heavy atom. The number of nitrogens with two attached hydrogens (primary N) is 2. The molecule has 0 saturated carbocycles. The van der Waals surface area contributed by atoms with E-state index in [4.69, 9.17) is 51.1 Å². The second-order valence-corrected chi connectivity index (χ2v) is 2.54. The van der Waals surface area contributed by atoms with Gasteiger partial charge in [0.1, 0.15) is 0 Å². The maximum absolute atomic E-state index is 8.89. The molecule has 22 heavy (non-hydrogen) atoms. The van der Waals surface area contributed by atoms with E-state index in [0.29, 0.717) is 13.1 Å². The van der Waals surface area contributed by atoms with E-state index in [1.165, 1.54) is 0 Å². The molecule has 0 fully saturated rings. The van der Waals surface area contributed by atoms with Crippen molar-refractivity contribution in [2.24, 2.45) is 11.5 Å². The molecule has 0 atom stereocenters. The Bertz CT molecular complexity index is 199. The van der Waals surface area contributed by atoms with Gasteiger partial charge in [0, 0.05) is 37.0 Å². The van der Waals surface area contributed by atoms with E-state index in [2.05, 4.69) is 0 Å². The number of quaternary nitrogens is 1. The van der Waals surface area contributed by atoms with Crippen LogP contribution in [0.4, 0.5) is 0 Å². The van der Waals surface area contributed by atoms with Crippen LogP contribution in [0.25, 0.3) is 0 Å². The van der Waals surface area contributed by atoms with E-state index < -0.39 is 23.9 Å². The molecular weight excluding hydrogens is 346 g/mol. The van der Waals surface area contributed by atoms with Crippen LogP contribution in [0.2, 0.25) is 0 Å². The third-order valence-electron chi connectivity index (χ3n) is 0.167. The summed E-state index contributed by atoms with van der Waals surface area (Å²) < 4.78 is 0.